The molecule has 0 radical (unpaired) electrons. The molecule has 0 amide bonds. The van der Waals surface area contributed by atoms with Gasteiger partial charge in [0.15, 0.2) is 0 Å². The summed E-state index contributed by atoms with van der Waals surface area (Å²) in [6, 6.07) is 3.89. The van der Waals surface area contributed by atoms with E-state index in [1.165, 1.54) is 18.2 Å². The van der Waals surface area contributed by atoms with Crippen LogP contribution in [-0.2, 0) is 0 Å². The first kappa shape index (κ1) is 15.1. The molecule has 90 valence electrons. The Bertz CT molecular complexity index is 374. The lowest BCUT2D eigenvalue weighted by molar-refractivity contribution is -0.385. The molecule has 4 N–H and O–H groups in total. The molecule has 0 aromatic heterocycles. The van der Waals surface area contributed by atoms with Gasteiger partial charge in [-0.15, -0.1) is 12.4 Å². The molecule has 16 heavy (non-hydrogen) atoms. The standard InChI is InChI=1S/C9H12ClN3O2.ClH/c10-6-1-2-9(13(14)15)7(5-6)8(12)3-4-11;/h1-2,5,8H,3-4,11-12H2;1H/t8-;/m0./s1. The Labute approximate surface area is 104 Å². The first-order valence-corrected chi connectivity index (χ1v) is 4.83. The molecule has 5 nitrogen and oxygen atoms in total. The largest absolute Gasteiger partial charge is 0.330 e. The first-order valence-electron chi connectivity index (χ1n) is 4.45. The minimum atomic E-state index is -0.470. The van der Waals surface area contributed by atoms with Crippen LogP contribution < -0.4 is 11.5 Å². The van der Waals surface area contributed by atoms with Crippen LogP contribution in [0.3, 0.4) is 0 Å². The zero-order valence-corrected chi connectivity index (χ0v) is 10.0. The van der Waals surface area contributed by atoms with E-state index in [0.29, 0.717) is 23.6 Å². The van der Waals surface area contributed by atoms with E-state index in [1.807, 2.05) is 0 Å². The maximum atomic E-state index is 10.7. The molecule has 0 aliphatic heterocycles. The van der Waals surface area contributed by atoms with E-state index in [1.54, 1.807) is 0 Å². The van der Waals surface area contributed by atoms with Gasteiger partial charge in [-0.2, -0.15) is 0 Å². The van der Waals surface area contributed by atoms with Gasteiger partial charge in [-0.3, -0.25) is 10.1 Å². The Kier molecular flexibility index (Phi) is 6.28. The molecule has 1 aromatic carbocycles. The van der Waals surface area contributed by atoms with E-state index in [9.17, 15) is 10.1 Å². The van der Waals surface area contributed by atoms with Crippen molar-refractivity contribution in [1.29, 1.82) is 0 Å². The third-order valence-electron chi connectivity index (χ3n) is 2.06. The van der Waals surface area contributed by atoms with Gasteiger partial charge in [0.1, 0.15) is 0 Å². The molecule has 0 saturated heterocycles. The molecule has 1 aromatic rings. The van der Waals surface area contributed by atoms with Gasteiger partial charge in [-0.05, 0) is 25.1 Å². The monoisotopic (exact) mass is 265 g/mol. The summed E-state index contributed by atoms with van der Waals surface area (Å²) < 4.78 is 0. The Morgan fingerprint density at radius 2 is 2.12 bits per heavy atom. The minimum Gasteiger partial charge on any atom is -0.330 e. The zero-order valence-electron chi connectivity index (χ0n) is 8.43. The van der Waals surface area contributed by atoms with Gasteiger partial charge in [0, 0.05) is 22.7 Å². The molecule has 1 rings (SSSR count). The molecular formula is C9H13Cl2N3O2. The Morgan fingerprint density at radius 1 is 1.50 bits per heavy atom. The average molecular weight is 266 g/mol. The highest BCUT2D eigenvalue weighted by Crippen LogP contribution is 2.28. The SMILES string of the molecule is Cl.NCC[C@H](N)c1cc(Cl)ccc1[N+](=O)[O-]. The van der Waals surface area contributed by atoms with Crippen molar-refractivity contribution in [2.24, 2.45) is 11.5 Å². The van der Waals surface area contributed by atoms with Gasteiger partial charge >= 0.3 is 0 Å². The number of hydrogen-bond donors (Lipinski definition) is 2. The van der Waals surface area contributed by atoms with Crippen molar-refractivity contribution in [1.82, 2.24) is 0 Å². The number of rotatable bonds is 4. The molecule has 0 spiro atoms. The summed E-state index contributed by atoms with van der Waals surface area (Å²) in [6.45, 7) is 0.380. The molecular weight excluding hydrogens is 253 g/mol. The first-order chi connectivity index (χ1) is 7.06. The van der Waals surface area contributed by atoms with Gasteiger partial charge < -0.3 is 11.5 Å². The van der Waals surface area contributed by atoms with Gasteiger partial charge in [0.2, 0.25) is 0 Å². The molecule has 0 fully saturated rings. The number of nitro groups is 1. The smallest absolute Gasteiger partial charge is 0.274 e. The summed E-state index contributed by atoms with van der Waals surface area (Å²) in [5.41, 5.74) is 11.5. The van der Waals surface area contributed by atoms with Gasteiger partial charge in [-0.25, -0.2) is 0 Å². The van der Waals surface area contributed by atoms with Crippen LogP contribution in [-0.4, -0.2) is 11.5 Å². The van der Waals surface area contributed by atoms with Crippen LogP contribution in [0.4, 0.5) is 5.69 Å². The maximum Gasteiger partial charge on any atom is 0.274 e. The number of hydrogen-bond acceptors (Lipinski definition) is 4. The lowest BCUT2D eigenvalue weighted by Gasteiger charge is -2.11. The molecule has 0 saturated carbocycles. The predicted molar refractivity (Wildman–Crippen MR) is 66.0 cm³/mol. The third-order valence-corrected chi connectivity index (χ3v) is 2.30. The zero-order chi connectivity index (χ0) is 11.4. The maximum absolute atomic E-state index is 10.7. The highest BCUT2D eigenvalue weighted by molar-refractivity contribution is 6.30. The summed E-state index contributed by atoms with van der Waals surface area (Å²) in [5, 5.41) is 11.2. The fourth-order valence-corrected chi connectivity index (χ4v) is 1.50. The molecule has 0 heterocycles. The Morgan fingerprint density at radius 3 is 2.62 bits per heavy atom. The van der Waals surface area contributed by atoms with Crippen molar-refractivity contribution < 1.29 is 4.92 Å². The normalized spacial score (nSPS) is 11.7. The van der Waals surface area contributed by atoms with Crippen LogP contribution in [0.25, 0.3) is 0 Å². The lowest BCUT2D eigenvalue weighted by atomic mass is 10.0. The van der Waals surface area contributed by atoms with Crippen LogP contribution in [0.15, 0.2) is 18.2 Å². The summed E-state index contributed by atoms with van der Waals surface area (Å²) in [4.78, 5) is 10.2. The van der Waals surface area contributed by atoms with Crippen molar-refractivity contribution in [2.75, 3.05) is 6.54 Å². The fraction of sp³-hybridized carbons (Fsp3) is 0.333. The molecule has 0 aliphatic rings. The summed E-state index contributed by atoms with van der Waals surface area (Å²) in [7, 11) is 0. The second-order valence-corrected chi connectivity index (χ2v) is 3.58. The van der Waals surface area contributed by atoms with Crippen molar-refractivity contribution in [3.8, 4) is 0 Å². The topological polar surface area (TPSA) is 95.2 Å². The number of benzene rings is 1. The summed E-state index contributed by atoms with van der Waals surface area (Å²) >= 11 is 5.76. The number of nitrogens with two attached hydrogens (primary N) is 2. The molecule has 1 atom stereocenters. The lowest BCUT2D eigenvalue weighted by Crippen LogP contribution is -2.16. The van der Waals surface area contributed by atoms with Crippen molar-refractivity contribution in [2.45, 2.75) is 12.5 Å². The molecule has 7 heteroatoms. The van der Waals surface area contributed by atoms with Gasteiger partial charge in [-0.1, -0.05) is 11.6 Å². The van der Waals surface area contributed by atoms with Crippen molar-refractivity contribution in [3.63, 3.8) is 0 Å². The van der Waals surface area contributed by atoms with E-state index < -0.39 is 11.0 Å². The Balaban J connectivity index is 0.00000225. The molecule has 0 bridgehead atoms. The van der Waals surface area contributed by atoms with E-state index >= 15 is 0 Å². The summed E-state index contributed by atoms with van der Waals surface area (Å²) in [5.74, 6) is 0. The molecule has 0 aliphatic carbocycles. The van der Waals surface area contributed by atoms with Crippen molar-refractivity contribution >= 4 is 29.7 Å². The number of nitro benzene ring substituents is 1. The third kappa shape index (κ3) is 3.61. The highest BCUT2D eigenvalue weighted by atomic mass is 35.5. The number of nitrogens with zero attached hydrogens (tertiary/aromatic N) is 1. The van der Waals surface area contributed by atoms with Crippen LogP contribution >= 0.6 is 24.0 Å². The van der Waals surface area contributed by atoms with E-state index in [2.05, 4.69) is 0 Å². The second-order valence-electron chi connectivity index (χ2n) is 3.14. The van der Waals surface area contributed by atoms with Gasteiger partial charge in [0.25, 0.3) is 5.69 Å². The predicted octanol–water partition coefficient (Wildman–Crippen LogP) is 2.02. The van der Waals surface area contributed by atoms with Crippen molar-refractivity contribution in [3.05, 3.63) is 38.9 Å². The van der Waals surface area contributed by atoms with Gasteiger partial charge in [0.05, 0.1) is 4.92 Å². The Hall–Kier alpha value is -0.880. The van der Waals surface area contributed by atoms with Crippen LogP contribution in [0.2, 0.25) is 5.02 Å². The van der Waals surface area contributed by atoms with E-state index in [-0.39, 0.29) is 18.1 Å². The minimum absolute atomic E-state index is 0. The quantitative estimate of drug-likeness (QED) is 0.643. The van der Waals surface area contributed by atoms with Crippen LogP contribution in [0.5, 0.6) is 0 Å². The number of halogens is 2. The molecule has 0 unspecified atom stereocenters. The van der Waals surface area contributed by atoms with E-state index in [0.717, 1.165) is 0 Å². The summed E-state index contributed by atoms with van der Waals surface area (Å²) in [6.07, 6.45) is 0.487. The van der Waals surface area contributed by atoms with E-state index in [4.69, 9.17) is 23.1 Å². The fourth-order valence-electron chi connectivity index (χ4n) is 1.32. The van der Waals surface area contributed by atoms with Crippen LogP contribution in [0, 0.1) is 10.1 Å². The average Bonchev–Trinajstić information content (AvgIpc) is 2.17. The second kappa shape index (κ2) is 6.65. The van der Waals surface area contributed by atoms with Crippen LogP contribution in [0.1, 0.15) is 18.0 Å². The highest BCUT2D eigenvalue weighted by Gasteiger charge is 2.18.